The molecule has 0 amide bonds. The molecule has 0 heterocycles. The summed E-state index contributed by atoms with van der Waals surface area (Å²) in [6.07, 6.45) is 15.1. The number of ketones is 1. The summed E-state index contributed by atoms with van der Waals surface area (Å²) in [5.74, 6) is 4.78. The molecule has 0 N–H and O–H groups in total. The number of carbonyl (C=O) groups is 1. The van der Waals surface area contributed by atoms with Gasteiger partial charge in [-0.3, -0.25) is 4.79 Å². The largest absolute Gasteiger partial charge is 0.294 e. The highest BCUT2D eigenvalue weighted by atomic mass is 16.1. The lowest BCUT2D eigenvalue weighted by atomic mass is 9.49. The van der Waals surface area contributed by atoms with Gasteiger partial charge in [0.25, 0.3) is 0 Å². The van der Waals surface area contributed by atoms with Crippen LogP contribution in [0, 0.1) is 51.8 Å². The minimum Gasteiger partial charge on any atom is -0.294 e. The molecule has 0 bridgehead atoms. The van der Waals surface area contributed by atoms with Crippen molar-refractivity contribution in [1.29, 1.82) is 0 Å². The third kappa shape index (κ3) is 2.48. The third-order valence-corrected chi connectivity index (χ3v) is 11.1. The molecule has 5 aliphatic carbocycles. The van der Waals surface area contributed by atoms with E-state index in [4.69, 9.17) is 0 Å². The van der Waals surface area contributed by atoms with E-state index in [1.54, 1.807) is 11.1 Å². The van der Waals surface area contributed by atoms with Crippen LogP contribution in [-0.2, 0) is 4.79 Å². The van der Waals surface area contributed by atoms with Crippen molar-refractivity contribution in [2.45, 2.75) is 92.9 Å². The molecule has 1 spiro atoms. The quantitative estimate of drug-likeness (QED) is 0.455. The van der Waals surface area contributed by atoms with Gasteiger partial charge >= 0.3 is 0 Å². The second kappa shape index (κ2) is 6.33. The number of hydrogen-bond donors (Lipinski definition) is 0. The van der Waals surface area contributed by atoms with Crippen LogP contribution in [0.1, 0.15) is 92.9 Å². The average molecular weight is 395 g/mol. The van der Waals surface area contributed by atoms with E-state index in [2.05, 4.69) is 53.7 Å². The van der Waals surface area contributed by atoms with Crippen molar-refractivity contribution < 1.29 is 4.79 Å². The van der Waals surface area contributed by atoms with Crippen LogP contribution in [0.15, 0.2) is 23.3 Å². The summed E-state index contributed by atoms with van der Waals surface area (Å²) in [7, 11) is 0. The van der Waals surface area contributed by atoms with Gasteiger partial charge in [-0.15, -0.1) is 0 Å². The highest BCUT2D eigenvalue weighted by Gasteiger charge is 2.76. The van der Waals surface area contributed by atoms with Crippen LogP contribution in [-0.4, -0.2) is 5.78 Å². The maximum atomic E-state index is 13.4. The first-order valence-corrected chi connectivity index (χ1v) is 12.6. The van der Waals surface area contributed by atoms with Gasteiger partial charge in [-0.1, -0.05) is 51.8 Å². The van der Waals surface area contributed by atoms with Crippen molar-refractivity contribution in [3.8, 4) is 0 Å². The second-order valence-electron chi connectivity index (χ2n) is 12.5. The minimum atomic E-state index is 0.0659. The van der Waals surface area contributed by atoms with E-state index in [9.17, 15) is 4.79 Å². The van der Waals surface area contributed by atoms with Gasteiger partial charge in [0.05, 0.1) is 0 Å². The molecule has 5 aliphatic rings. The predicted octanol–water partition coefficient (Wildman–Crippen LogP) is 7.37. The van der Waals surface area contributed by atoms with Gasteiger partial charge in [0.1, 0.15) is 0 Å². The Labute approximate surface area is 178 Å². The molecule has 0 aromatic heterocycles. The SMILES string of the molecule is C/C(=C\CC(C)C)[C@@H](C)[C@H]1CC[C@H]2C3=CC(=O)C45CC4CC[C@]5(C)[C@H]3CC[C@]12C. The van der Waals surface area contributed by atoms with Crippen molar-refractivity contribution >= 4 is 5.78 Å². The molecule has 0 aliphatic heterocycles. The van der Waals surface area contributed by atoms with E-state index in [-0.39, 0.29) is 10.8 Å². The van der Waals surface area contributed by atoms with E-state index in [1.807, 2.05) is 0 Å². The van der Waals surface area contributed by atoms with Crippen molar-refractivity contribution in [3.05, 3.63) is 23.3 Å². The Hall–Kier alpha value is -0.850. The fraction of sp³-hybridized carbons (Fsp3) is 0.821. The monoisotopic (exact) mass is 394 g/mol. The van der Waals surface area contributed by atoms with Gasteiger partial charge < -0.3 is 0 Å². The van der Waals surface area contributed by atoms with Crippen LogP contribution in [0.2, 0.25) is 0 Å². The van der Waals surface area contributed by atoms with Gasteiger partial charge in [-0.25, -0.2) is 0 Å². The molecule has 1 heteroatoms. The zero-order valence-electron chi connectivity index (χ0n) is 19.7. The normalized spacial score (nSPS) is 49.3. The third-order valence-electron chi connectivity index (χ3n) is 11.1. The number of carbonyl (C=O) groups excluding carboxylic acids is 1. The molecule has 0 aromatic rings. The summed E-state index contributed by atoms with van der Waals surface area (Å²) in [6.45, 7) is 14.6. The Balaban J connectivity index is 1.44. The van der Waals surface area contributed by atoms with Gasteiger partial charge in [-0.2, -0.15) is 0 Å². The fourth-order valence-corrected chi connectivity index (χ4v) is 9.09. The molecule has 4 saturated carbocycles. The zero-order chi connectivity index (χ0) is 20.8. The molecule has 0 aromatic carbocycles. The maximum absolute atomic E-state index is 13.4. The first-order chi connectivity index (χ1) is 13.6. The standard InChI is InChI=1S/C28H42O/c1-17(2)7-8-18(3)19(4)22-9-10-23-21-15-25(29)28-16-20(28)11-14-27(28,6)24(21)12-13-26(22,23)5/h8,15,17,19-20,22-24H,7,9-14,16H2,1-6H3/b18-8+/t19-,20?,22-,23+,24+,26-,27-,28?/m1/s1. The number of rotatable bonds is 4. The number of allylic oxidation sites excluding steroid dienone is 4. The number of fused-ring (bicyclic) bond motifs is 4. The van der Waals surface area contributed by atoms with Gasteiger partial charge in [0.2, 0.25) is 0 Å². The summed E-state index contributed by atoms with van der Waals surface area (Å²) in [5, 5.41) is 0. The highest BCUT2D eigenvalue weighted by molar-refractivity contribution is 6.00. The molecule has 5 rings (SSSR count). The van der Waals surface area contributed by atoms with Crippen molar-refractivity contribution in [3.63, 3.8) is 0 Å². The summed E-state index contributed by atoms with van der Waals surface area (Å²) in [6, 6.07) is 0. The Kier molecular flexibility index (Phi) is 4.38. The first-order valence-electron chi connectivity index (χ1n) is 12.6. The molecule has 2 unspecified atom stereocenters. The van der Waals surface area contributed by atoms with Gasteiger partial charge in [0, 0.05) is 5.41 Å². The Morgan fingerprint density at radius 3 is 2.55 bits per heavy atom. The van der Waals surface area contributed by atoms with Crippen LogP contribution < -0.4 is 0 Å². The summed E-state index contributed by atoms with van der Waals surface area (Å²) in [4.78, 5) is 13.4. The van der Waals surface area contributed by atoms with E-state index >= 15 is 0 Å². The van der Waals surface area contributed by atoms with Crippen LogP contribution in [0.25, 0.3) is 0 Å². The second-order valence-corrected chi connectivity index (χ2v) is 12.5. The molecule has 1 nitrogen and oxygen atoms in total. The minimum absolute atomic E-state index is 0.0659. The summed E-state index contributed by atoms with van der Waals surface area (Å²) < 4.78 is 0. The molecular formula is C28H42O. The van der Waals surface area contributed by atoms with Crippen LogP contribution in [0.3, 0.4) is 0 Å². The topological polar surface area (TPSA) is 17.1 Å². The maximum Gasteiger partial charge on any atom is 0.162 e. The van der Waals surface area contributed by atoms with Crippen molar-refractivity contribution in [2.24, 2.45) is 51.8 Å². The average Bonchev–Trinajstić information content (AvgIpc) is 3.20. The Bertz CT molecular complexity index is 786. The van der Waals surface area contributed by atoms with E-state index < -0.39 is 0 Å². The van der Waals surface area contributed by atoms with Crippen molar-refractivity contribution in [1.82, 2.24) is 0 Å². The smallest absolute Gasteiger partial charge is 0.162 e. The van der Waals surface area contributed by atoms with Crippen LogP contribution >= 0.6 is 0 Å². The van der Waals surface area contributed by atoms with Crippen LogP contribution in [0.5, 0.6) is 0 Å². The molecule has 4 fully saturated rings. The lowest BCUT2D eigenvalue weighted by molar-refractivity contribution is -0.127. The summed E-state index contributed by atoms with van der Waals surface area (Å²) in [5.41, 5.74) is 3.93. The number of hydrogen-bond acceptors (Lipinski definition) is 1. The molecular weight excluding hydrogens is 352 g/mol. The Morgan fingerprint density at radius 1 is 1.10 bits per heavy atom. The molecule has 0 radical (unpaired) electrons. The molecule has 0 saturated heterocycles. The molecule has 160 valence electrons. The van der Waals surface area contributed by atoms with Crippen LogP contribution in [0.4, 0.5) is 0 Å². The summed E-state index contributed by atoms with van der Waals surface area (Å²) >= 11 is 0. The zero-order valence-corrected chi connectivity index (χ0v) is 19.7. The van der Waals surface area contributed by atoms with Crippen molar-refractivity contribution in [2.75, 3.05) is 0 Å². The lowest BCUT2D eigenvalue weighted by Gasteiger charge is -2.55. The van der Waals surface area contributed by atoms with E-state index in [1.165, 1.54) is 51.4 Å². The predicted molar refractivity (Wildman–Crippen MR) is 120 cm³/mol. The molecule has 29 heavy (non-hydrogen) atoms. The van der Waals surface area contributed by atoms with E-state index in [0.29, 0.717) is 29.0 Å². The van der Waals surface area contributed by atoms with E-state index in [0.717, 1.165) is 17.8 Å². The Morgan fingerprint density at radius 2 is 1.86 bits per heavy atom. The van der Waals surface area contributed by atoms with Gasteiger partial charge in [-0.05, 0) is 111 Å². The highest BCUT2D eigenvalue weighted by Crippen LogP contribution is 2.79. The fourth-order valence-electron chi connectivity index (χ4n) is 9.09. The lowest BCUT2D eigenvalue weighted by Crippen LogP contribution is -2.50. The molecule has 8 atom stereocenters. The van der Waals surface area contributed by atoms with Gasteiger partial charge in [0.15, 0.2) is 5.78 Å². The first kappa shape index (κ1) is 20.1.